The van der Waals surface area contributed by atoms with E-state index in [0.717, 1.165) is 22.6 Å². The van der Waals surface area contributed by atoms with Gasteiger partial charge in [0.2, 0.25) is 6.79 Å². The van der Waals surface area contributed by atoms with Crippen LogP contribution in [0.5, 0.6) is 11.5 Å². The molecule has 2 aromatic carbocycles. The Kier molecular flexibility index (Phi) is 3.18. The predicted molar refractivity (Wildman–Crippen MR) is 75.7 cm³/mol. The van der Waals surface area contributed by atoms with Gasteiger partial charge in [0.25, 0.3) is 0 Å². The van der Waals surface area contributed by atoms with Crippen LogP contribution in [0.2, 0.25) is 0 Å². The minimum atomic E-state index is -0.425. The summed E-state index contributed by atoms with van der Waals surface area (Å²) in [6.45, 7) is 2.26. The van der Waals surface area contributed by atoms with E-state index in [1.165, 1.54) is 0 Å². The molecule has 0 spiro atoms. The van der Waals surface area contributed by atoms with Crippen LogP contribution in [0.4, 0.5) is 5.69 Å². The first-order valence-electron chi connectivity index (χ1n) is 6.38. The molecule has 0 aliphatic carbocycles. The Morgan fingerprint density at radius 2 is 2.00 bits per heavy atom. The van der Waals surface area contributed by atoms with Gasteiger partial charge in [-0.25, -0.2) is 0 Å². The SMILES string of the molecule is Cc1cccc(NC(C#N)c2ccc3c(c2)OCO3)c1. The van der Waals surface area contributed by atoms with Gasteiger partial charge in [-0.3, -0.25) is 0 Å². The molecule has 0 bridgehead atoms. The number of benzene rings is 2. The second-order valence-corrected chi connectivity index (χ2v) is 4.69. The smallest absolute Gasteiger partial charge is 0.231 e. The average molecular weight is 266 g/mol. The molecule has 3 rings (SSSR count). The third kappa shape index (κ3) is 2.39. The molecule has 0 amide bonds. The Morgan fingerprint density at radius 3 is 2.80 bits per heavy atom. The van der Waals surface area contributed by atoms with E-state index < -0.39 is 6.04 Å². The molecule has 0 saturated carbocycles. The van der Waals surface area contributed by atoms with Crippen molar-refractivity contribution < 1.29 is 9.47 Å². The molecule has 1 atom stereocenters. The number of nitrogens with one attached hydrogen (secondary N) is 1. The summed E-state index contributed by atoms with van der Waals surface area (Å²) in [6.07, 6.45) is 0. The number of ether oxygens (including phenoxy) is 2. The summed E-state index contributed by atoms with van der Waals surface area (Å²) < 4.78 is 10.6. The highest BCUT2D eigenvalue weighted by Gasteiger charge is 2.17. The lowest BCUT2D eigenvalue weighted by molar-refractivity contribution is 0.174. The average Bonchev–Trinajstić information content (AvgIpc) is 2.92. The summed E-state index contributed by atoms with van der Waals surface area (Å²) in [5, 5.41) is 12.6. The summed E-state index contributed by atoms with van der Waals surface area (Å²) in [5.41, 5.74) is 2.94. The van der Waals surface area contributed by atoms with Crippen LogP contribution in [-0.4, -0.2) is 6.79 Å². The van der Waals surface area contributed by atoms with Gasteiger partial charge in [-0.05, 0) is 42.3 Å². The maximum absolute atomic E-state index is 9.37. The first kappa shape index (κ1) is 12.4. The second kappa shape index (κ2) is 5.14. The molecule has 1 heterocycles. The van der Waals surface area contributed by atoms with E-state index in [1.54, 1.807) is 0 Å². The largest absolute Gasteiger partial charge is 0.454 e. The molecule has 4 heteroatoms. The maximum Gasteiger partial charge on any atom is 0.231 e. The van der Waals surface area contributed by atoms with Crippen LogP contribution < -0.4 is 14.8 Å². The number of nitriles is 1. The van der Waals surface area contributed by atoms with Gasteiger partial charge < -0.3 is 14.8 Å². The van der Waals surface area contributed by atoms with E-state index in [-0.39, 0.29) is 6.79 Å². The monoisotopic (exact) mass is 266 g/mol. The van der Waals surface area contributed by atoms with Gasteiger partial charge in [-0.15, -0.1) is 0 Å². The van der Waals surface area contributed by atoms with Crippen molar-refractivity contribution in [3.63, 3.8) is 0 Å². The molecule has 0 aromatic heterocycles. The van der Waals surface area contributed by atoms with Crippen LogP contribution in [0.1, 0.15) is 17.2 Å². The highest BCUT2D eigenvalue weighted by Crippen LogP contribution is 2.34. The molecule has 1 aliphatic rings. The van der Waals surface area contributed by atoms with Gasteiger partial charge in [-0.1, -0.05) is 18.2 Å². The standard InChI is InChI=1S/C16H14N2O2/c1-11-3-2-4-13(7-11)18-14(9-17)12-5-6-15-16(8-12)20-10-19-15/h2-8,14,18H,10H2,1H3. The summed E-state index contributed by atoms with van der Waals surface area (Å²) >= 11 is 0. The van der Waals surface area contributed by atoms with E-state index in [0.29, 0.717) is 5.75 Å². The van der Waals surface area contributed by atoms with Gasteiger partial charge in [-0.2, -0.15) is 5.26 Å². The lowest BCUT2D eigenvalue weighted by Crippen LogP contribution is -2.08. The topological polar surface area (TPSA) is 54.3 Å². The fourth-order valence-corrected chi connectivity index (χ4v) is 2.18. The molecule has 0 radical (unpaired) electrons. The molecule has 20 heavy (non-hydrogen) atoms. The Morgan fingerprint density at radius 1 is 1.15 bits per heavy atom. The third-order valence-electron chi connectivity index (χ3n) is 3.19. The molecule has 1 N–H and O–H groups in total. The van der Waals surface area contributed by atoms with Crippen LogP contribution in [-0.2, 0) is 0 Å². The van der Waals surface area contributed by atoms with Crippen molar-refractivity contribution in [2.24, 2.45) is 0 Å². The molecule has 0 fully saturated rings. The fourth-order valence-electron chi connectivity index (χ4n) is 2.18. The zero-order chi connectivity index (χ0) is 13.9. The van der Waals surface area contributed by atoms with E-state index in [4.69, 9.17) is 9.47 Å². The van der Waals surface area contributed by atoms with Crippen molar-refractivity contribution in [2.75, 3.05) is 12.1 Å². The van der Waals surface area contributed by atoms with Crippen molar-refractivity contribution in [1.29, 1.82) is 5.26 Å². The van der Waals surface area contributed by atoms with Crippen LogP contribution in [0.15, 0.2) is 42.5 Å². The van der Waals surface area contributed by atoms with Crippen molar-refractivity contribution in [3.8, 4) is 17.6 Å². The summed E-state index contributed by atoms with van der Waals surface area (Å²) in [7, 11) is 0. The highest BCUT2D eigenvalue weighted by molar-refractivity contribution is 5.52. The summed E-state index contributed by atoms with van der Waals surface area (Å²) in [5.74, 6) is 1.41. The first-order chi connectivity index (χ1) is 9.76. The number of rotatable bonds is 3. The Balaban J connectivity index is 1.85. The third-order valence-corrected chi connectivity index (χ3v) is 3.19. The van der Waals surface area contributed by atoms with Gasteiger partial charge in [0, 0.05) is 5.69 Å². The summed E-state index contributed by atoms with van der Waals surface area (Å²) in [4.78, 5) is 0. The quantitative estimate of drug-likeness (QED) is 0.925. The predicted octanol–water partition coefficient (Wildman–Crippen LogP) is 3.40. The number of fused-ring (bicyclic) bond motifs is 1. The van der Waals surface area contributed by atoms with E-state index in [9.17, 15) is 5.26 Å². The van der Waals surface area contributed by atoms with E-state index >= 15 is 0 Å². The molecule has 4 nitrogen and oxygen atoms in total. The van der Waals surface area contributed by atoms with E-state index in [2.05, 4.69) is 11.4 Å². The highest BCUT2D eigenvalue weighted by atomic mass is 16.7. The van der Waals surface area contributed by atoms with Crippen molar-refractivity contribution in [1.82, 2.24) is 0 Å². The second-order valence-electron chi connectivity index (χ2n) is 4.69. The normalized spacial score (nSPS) is 13.6. The molecule has 2 aromatic rings. The Bertz CT molecular complexity index is 676. The molecular formula is C16H14N2O2. The molecular weight excluding hydrogens is 252 g/mol. The number of hydrogen-bond acceptors (Lipinski definition) is 4. The zero-order valence-electron chi connectivity index (χ0n) is 11.1. The summed E-state index contributed by atoms with van der Waals surface area (Å²) in [6, 6.07) is 15.3. The minimum Gasteiger partial charge on any atom is -0.454 e. The Labute approximate surface area is 117 Å². The van der Waals surface area contributed by atoms with Crippen molar-refractivity contribution >= 4 is 5.69 Å². The van der Waals surface area contributed by atoms with Crippen molar-refractivity contribution in [2.45, 2.75) is 13.0 Å². The maximum atomic E-state index is 9.37. The number of anilines is 1. The Hall–Kier alpha value is -2.67. The molecule has 100 valence electrons. The van der Waals surface area contributed by atoms with Crippen LogP contribution >= 0.6 is 0 Å². The van der Waals surface area contributed by atoms with Crippen molar-refractivity contribution in [3.05, 3.63) is 53.6 Å². The first-order valence-corrected chi connectivity index (χ1v) is 6.38. The lowest BCUT2D eigenvalue weighted by atomic mass is 10.1. The van der Waals surface area contributed by atoms with Gasteiger partial charge in [0.15, 0.2) is 11.5 Å². The zero-order valence-corrected chi connectivity index (χ0v) is 11.1. The number of nitrogens with zero attached hydrogens (tertiary/aromatic N) is 1. The van der Waals surface area contributed by atoms with Gasteiger partial charge in [0.1, 0.15) is 6.04 Å². The number of hydrogen-bond donors (Lipinski definition) is 1. The van der Waals surface area contributed by atoms with Crippen LogP contribution in [0.25, 0.3) is 0 Å². The fraction of sp³-hybridized carbons (Fsp3) is 0.188. The molecule has 1 aliphatic heterocycles. The number of aryl methyl sites for hydroxylation is 1. The van der Waals surface area contributed by atoms with Gasteiger partial charge >= 0.3 is 0 Å². The van der Waals surface area contributed by atoms with Crippen LogP contribution in [0, 0.1) is 18.3 Å². The van der Waals surface area contributed by atoms with Crippen LogP contribution in [0.3, 0.4) is 0 Å². The molecule has 0 saturated heterocycles. The molecule has 1 unspecified atom stereocenters. The van der Waals surface area contributed by atoms with E-state index in [1.807, 2.05) is 49.4 Å². The van der Waals surface area contributed by atoms with Gasteiger partial charge in [0.05, 0.1) is 6.07 Å². The minimum absolute atomic E-state index is 0.237. The lowest BCUT2D eigenvalue weighted by Gasteiger charge is -2.14.